The Labute approximate surface area is 188 Å². The van der Waals surface area contributed by atoms with Crippen molar-refractivity contribution in [3.05, 3.63) is 78.4 Å². The monoisotopic (exact) mass is 455 g/mol. The number of ether oxygens (including phenoxy) is 3. The first-order valence-corrected chi connectivity index (χ1v) is 11.6. The van der Waals surface area contributed by atoms with Crippen LogP contribution in [0.15, 0.2) is 77.7 Å². The summed E-state index contributed by atoms with van der Waals surface area (Å²) in [6.45, 7) is 2.42. The number of carbonyl (C=O) groups excluding carboxylic acids is 1. The summed E-state index contributed by atoms with van der Waals surface area (Å²) >= 11 is 0. The van der Waals surface area contributed by atoms with Gasteiger partial charge in [-0.2, -0.15) is 0 Å². The highest BCUT2D eigenvalue weighted by molar-refractivity contribution is 7.92. The Morgan fingerprint density at radius 3 is 2.28 bits per heavy atom. The summed E-state index contributed by atoms with van der Waals surface area (Å²) in [4.78, 5) is 12.1. The van der Waals surface area contributed by atoms with Crippen LogP contribution in [-0.4, -0.2) is 28.1 Å². The first kappa shape index (κ1) is 23.1. The van der Waals surface area contributed by atoms with Gasteiger partial charge < -0.3 is 14.2 Å². The van der Waals surface area contributed by atoms with E-state index in [-0.39, 0.29) is 21.9 Å². The Bertz CT molecular complexity index is 1140. The maximum Gasteiger partial charge on any atom is 0.341 e. The van der Waals surface area contributed by atoms with Crippen LogP contribution in [0.5, 0.6) is 17.2 Å². The Kier molecular flexibility index (Phi) is 7.72. The van der Waals surface area contributed by atoms with Gasteiger partial charge in [0.1, 0.15) is 22.8 Å². The molecule has 168 valence electrons. The van der Waals surface area contributed by atoms with Gasteiger partial charge in [-0.1, -0.05) is 31.5 Å². The Hall–Kier alpha value is -3.52. The van der Waals surface area contributed by atoms with E-state index in [1.54, 1.807) is 12.1 Å². The largest absolute Gasteiger partial charge is 0.493 e. The van der Waals surface area contributed by atoms with Gasteiger partial charge >= 0.3 is 5.97 Å². The topological polar surface area (TPSA) is 90.9 Å². The van der Waals surface area contributed by atoms with Crippen molar-refractivity contribution < 1.29 is 27.4 Å². The molecule has 0 aliphatic carbocycles. The Morgan fingerprint density at radius 2 is 1.62 bits per heavy atom. The number of sulfonamides is 1. The molecule has 0 heterocycles. The van der Waals surface area contributed by atoms with Gasteiger partial charge in [0.15, 0.2) is 0 Å². The van der Waals surface area contributed by atoms with Crippen LogP contribution in [0.25, 0.3) is 0 Å². The third kappa shape index (κ3) is 6.01. The van der Waals surface area contributed by atoms with E-state index < -0.39 is 16.0 Å². The van der Waals surface area contributed by atoms with E-state index in [1.165, 1.54) is 37.4 Å². The van der Waals surface area contributed by atoms with Crippen molar-refractivity contribution in [2.45, 2.75) is 24.7 Å². The van der Waals surface area contributed by atoms with Gasteiger partial charge in [0.05, 0.1) is 24.3 Å². The molecule has 3 aromatic carbocycles. The predicted molar refractivity (Wildman–Crippen MR) is 122 cm³/mol. The third-order valence-electron chi connectivity index (χ3n) is 4.51. The Balaban J connectivity index is 1.77. The van der Waals surface area contributed by atoms with Gasteiger partial charge in [-0.25, -0.2) is 13.2 Å². The fourth-order valence-corrected chi connectivity index (χ4v) is 3.89. The van der Waals surface area contributed by atoms with E-state index in [1.807, 2.05) is 37.3 Å². The highest BCUT2D eigenvalue weighted by Crippen LogP contribution is 2.27. The number of benzene rings is 3. The first-order chi connectivity index (χ1) is 15.4. The smallest absolute Gasteiger partial charge is 0.341 e. The zero-order valence-electron chi connectivity index (χ0n) is 17.9. The van der Waals surface area contributed by atoms with E-state index in [0.717, 1.165) is 12.8 Å². The van der Waals surface area contributed by atoms with E-state index in [2.05, 4.69) is 4.72 Å². The minimum Gasteiger partial charge on any atom is -0.493 e. The molecular formula is C24H25NO6S. The van der Waals surface area contributed by atoms with Crippen molar-refractivity contribution in [2.75, 3.05) is 18.4 Å². The van der Waals surface area contributed by atoms with Gasteiger partial charge in [-0.05, 0) is 55.0 Å². The van der Waals surface area contributed by atoms with Crippen molar-refractivity contribution in [2.24, 2.45) is 0 Å². The van der Waals surface area contributed by atoms with Crippen LogP contribution in [0, 0.1) is 0 Å². The molecule has 0 spiro atoms. The second kappa shape index (κ2) is 10.7. The second-order valence-electron chi connectivity index (χ2n) is 6.90. The molecule has 0 bridgehead atoms. The molecule has 0 unspecified atom stereocenters. The van der Waals surface area contributed by atoms with Crippen molar-refractivity contribution in [3.63, 3.8) is 0 Å². The van der Waals surface area contributed by atoms with Gasteiger partial charge in [-0.3, -0.25) is 4.72 Å². The average Bonchev–Trinajstić information content (AvgIpc) is 2.80. The van der Waals surface area contributed by atoms with Crippen LogP contribution in [0.4, 0.5) is 5.69 Å². The number of unbranched alkanes of at least 4 members (excludes halogenated alkanes) is 1. The third-order valence-corrected chi connectivity index (χ3v) is 5.90. The molecule has 0 saturated heterocycles. The summed E-state index contributed by atoms with van der Waals surface area (Å²) in [7, 11) is -2.58. The fourth-order valence-electron chi connectivity index (χ4n) is 2.84. The SMILES string of the molecule is CCCCOc1cc(NS(=O)(=O)c2ccc(Oc3ccccc3)cc2)ccc1C(=O)OC. The van der Waals surface area contributed by atoms with Gasteiger partial charge in [0.2, 0.25) is 0 Å². The molecule has 7 nitrogen and oxygen atoms in total. The molecule has 0 radical (unpaired) electrons. The van der Waals surface area contributed by atoms with Crippen molar-refractivity contribution in [3.8, 4) is 17.2 Å². The summed E-state index contributed by atoms with van der Waals surface area (Å²) in [6.07, 6.45) is 1.72. The Morgan fingerprint density at radius 1 is 0.938 bits per heavy atom. The van der Waals surface area contributed by atoms with Crippen LogP contribution in [-0.2, 0) is 14.8 Å². The predicted octanol–water partition coefficient (Wildman–Crippen LogP) is 5.25. The maximum atomic E-state index is 12.8. The van der Waals surface area contributed by atoms with Crippen LogP contribution in [0.1, 0.15) is 30.1 Å². The number of anilines is 1. The minimum absolute atomic E-state index is 0.0726. The number of hydrogen-bond acceptors (Lipinski definition) is 6. The van der Waals surface area contributed by atoms with Crippen LogP contribution >= 0.6 is 0 Å². The number of nitrogens with one attached hydrogen (secondary N) is 1. The standard InChI is InChI=1S/C24H25NO6S/c1-3-4-16-30-23-17-18(10-15-22(23)24(26)29-2)25-32(27,28)21-13-11-20(12-14-21)31-19-8-6-5-7-9-19/h5-15,17,25H,3-4,16H2,1-2H3. The minimum atomic E-state index is -3.86. The van der Waals surface area contributed by atoms with Crippen LogP contribution < -0.4 is 14.2 Å². The summed E-state index contributed by atoms with van der Waals surface area (Å²) in [5, 5.41) is 0. The summed E-state index contributed by atoms with van der Waals surface area (Å²) in [5.41, 5.74) is 0.503. The van der Waals surface area contributed by atoms with Gasteiger partial charge in [0.25, 0.3) is 10.0 Å². The lowest BCUT2D eigenvalue weighted by Crippen LogP contribution is -2.14. The zero-order valence-corrected chi connectivity index (χ0v) is 18.7. The highest BCUT2D eigenvalue weighted by Gasteiger charge is 2.18. The summed E-state index contributed by atoms with van der Waals surface area (Å²) in [6, 6.07) is 19.7. The number of methoxy groups -OCH3 is 1. The number of para-hydroxylation sites is 1. The van der Waals surface area contributed by atoms with Crippen molar-refractivity contribution >= 4 is 21.7 Å². The molecule has 0 fully saturated rings. The molecule has 3 rings (SSSR count). The molecule has 0 aliphatic rings. The zero-order chi connectivity index (χ0) is 23.0. The molecule has 3 aromatic rings. The quantitative estimate of drug-likeness (QED) is 0.332. The molecule has 0 amide bonds. The summed E-state index contributed by atoms with van der Waals surface area (Å²) < 4.78 is 44.3. The van der Waals surface area contributed by atoms with Crippen molar-refractivity contribution in [1.29, 1.82) is 0 Å². The number of hydrogen-bond donors (Lipinski definition) is 1. The maximum absolute atomic E-state index is 12.8. The average molecular weight is 456 g/mol. The van der Waals surface area contributed by atoms with E-state index in [4.69, 9.17) is 14.2 Å². The lowest BCUT2D eigenvalue weighted by Gasteiger charge is -2.14. The molecule has 0 aliphatic heterocycles. The highest BCUT2D eigenvalue weighted by atomic mass is 32.2. The van der Waals surface area contributed by atoms with E-state index >= 15 is 0 Å². The van der Waals surface area contributed by atoms with Crippen LogP contribution in [0.3, 0.4) is 0 Å². The molecule has 0 saturated carbocycles. The molecule has 0 aromatic heterocycles. The van der Waals surface area contributed by atoms with Gasteiger partial charge in [-0.15, -0.1) is 0 Å². The first-order valence-electron chi connectivity index (χ1n) is 10.1. The lowest BCUT2D eigenvalue weighted by molar-refractivity contribution is 0.0596. The van der Waals surface area contributed by atoms with E-state index in [0.29, 0.717) is 18.1 Å². The lowest BCUT2D eigenvalue weighted by atomic mass is 10.2. The molecule has 8 heteroatoms. The molecular weight excluding hydrogens is 430 g/mol. The second-order valence-corrected chi connectivity index (χ2v) is 8.58. The molecule has 0 atom stereocenters. The van der Waals surface area contributed by atoms with Crippen LogP contribution in [0.2, 0.25) is 0 Å². The number of carbonyl (C=O) groups is 1. The van der Waals surface area contributed by atoms with E-state index in [9.17, 15) is 13.2 Å². The number of rotatable bonds is 10. The molecule has 1 N–H and O–H groups in total. The number of esters is 1. The van der Waals surface area contributed by atoms with Crippen molar-refractivity contribution in [1.82, 2.24) is 0 Å². The normalized spacial score (nSPS) is 10.9. The molecule has 32 heavy (non-hydrogen) atoms. The summed E-state index contributed by atoms with van der Waals surface area (Å²) in [5.74, 6) is 0.878. The fraction of sp³-hybridized carbons (Fsp3) is 0.208. The van der Waals surface area contributed by atoms with Gasteiger partial charge in [0, 0.05) is 6.07 Å².